The molecule has 2 aliphatic rings. The smallest absolute Gasteiger partial charge is 0.271 e. The summed E-state index contributed by atoms with van der Waals surface area (Å²) < 4.78 is 3.64. The highest BCUT2D eigenvalue weighted by atomic mass is 79.9. The molecule has 1 unspecified atom stereocenters. The lowest BCUT2D eigenvalue weighted by Gasteiger charge is -2.31. The number of allylic oxidation sites excluding steroid dienone is 2. The first-order valence-corrected chi connectivity index (χ1v) is 15.5. The molecular formula is C34H33BrN4OS. The van der Waals surface area contributed by atoms with Gasteiger partial charge in [-0.3, -0.25) is 9.36 Å². The maximum Gasteiger partial charge on any atom is 0.271 e. The molecule has 3 aromatic carbocycles. The van der Waals surface area contributed by atoms with E-state index >= 15 is 0 Å². The fourth-order valence-electron chi connectivity index (χ4n) is 5.59. The fourth-order valence-corrected chi connectivity index (χ4v) is 6.86. The van der Waals surface area contributed by atoms with Crippen molar-refractivity contribution in [3.63, 3.8) is 0 Å². The molecule has 0 saturated heterocycles. The average molecular weight is 626 g/mol. The zero-order valence-electron chi connectivity index (χ0n) is 23.8. The van der Waals surface area contributed by atoms with E-state index in [2.05, 4.69) is 94.4 Å². The van der Waals surface area contributed by atoms with Gasteiger partial charge in [0.15, 0.2) is 4.80 Å². The second kappa shape index (κ2) is 11.3. The van der Waals surface area contributed by atoms with Gasteiger partial charge in [0.2, 0.25) is 0 Å². The van der Waals surface area contributed by atoms with Crippen molar-refractivity contribution in [1.29, 1.82) is 0 Å². The van der Waals surface area contributed by atoms with Gasteiger partial charge in [-0.05, 0) is 95.6 Å². The Bertz CT molecular complexity index is 1830. The number of hydrogen-bond acceptors (Lipinski definition) is 5. The Morgan fingerprint density at radius 1 is 0.829 bits per heavy atom. The first kappa shape index (κ1) is 27.5. The molecule has 0 fully saturated rings. The van der Waals surface area contributed by atoms with Crippen LogP contribution in [0.5, 0.6) is 0 Å². The van der Waals surface area contributed by atoms with Crippen molar-refractivity contribution in [3.8, 4) is 0 Å². The molecule has 0 spiro atoms. The number of benzene rings is 3. The van der Waals surface area contributed by atoms with Crippen molar-refractivity contribution in [1.82, 2.24) is 4.57 Å². The molecule has 4 aromatic rings. The summed E-state index contributed by atoms with van der Waals surface area (Å²) in [5.41, 5.74) is 9.12. The van der Waals surface area contributed by atoms with Crippen molar-refractivity contribution >= 4 is 50.8 Å². The van der Waals surface area contributed by atoms with E-state index < -0.39 is 0 Å². The number of aromatic nitrogens is 1. The van der Waals surface area contributed by atoms with Crippen LogP contribution in [0, 0.1) is 0 Å². The summed E-state index contributed by atoms with van der Waals surface area (Å²) in [6.45, 7) is 0. The van der Waals surface area contributed by atoms with E-state index in [-0.39, 0.29) is 11.6 Å². The predicted molar refractivity (Wildman–Crippen MR) is 176 cm³/mol. The van der Waals surface area contributed by atoms with Gasteiger partial charge in [-0.15, -0.1) is 0 Å². The number of thiazole rings is 1. The molecule has 7 heteroatoms. The number of anilines is 2. The highest BCUT2D eigenvalue weighted by Crippen LogP contribution is 2.41. The second-order valence-electron chi connectivity index (χ2n) is 11.0. The lowest BCUT2D eigenvalue weighted by molar-refractivity contribution is 0.553. The predicted octanol–water partition coefficient (Wildman–Crippen LogP) is 6.38. The number of rotatable bonds is 5. The van der Waals surface area contributed by atoms with Crippen LogP contribution >= 0.6 is 27.3 Å². The topological polar surface area (TPSA) is 40.8 Å². The van der Waals surface area contributed by atoms with Crippen LogP contribution in [-0.4, -0.2) is 32.8 Å². The SMILES string of the molecule is CN(C)c1ccc(/C=C2\CCCC3=C2N=c2s/c(=C/c4ccc(Br)cc4)c(=O)n2C3c2ccc(N(C)C)cc2)cc1. The Morgan fingerprint density at radius 2 is 1.41 bits per heavy atom. The first-order chi connectivity index (χ1) is 19.8. The van der Waals surface area contributed by atoms with Crippen molar-refractivity contribution in [2.75, 3.05) is 38.0 Å². The summed E-state index contributed by atoms with van der Waals surface area (Å²) in [4.78, 5) is 24.2. The van der Waals surface area contributed by atoms with Crippen molar-refractivity contribution in [2.24, 2.45) is 4.99 Å². The summed E-state index contributed by atoms with van der Waals surface area (Å²) >= 11 is 4.98. The van der Waals surface area contributed by atoms with Crippen molar-refractivity contribution < 1.29 is 0 Å². The molecule has 0 bridgehead atoms. The van der Waals surface area contributed by atoms with Crippen LogP contribution in [0.15, 0.2) is 104 Å². The molecule has 2 heterocycles. The third-order valence-corrected chi connectivity index (χ3v) is 9.29. The van der Waals surface area contributed by atoms with Gasteiger partial charge in [-0.25, -0.2) is 4.99 Å². The van der Waals surface area contributed by atoms with Gasteiger partial charge < -0.3 is 9.80 Å². The Balaban J connectivity index is 1.53. The van der Waals surface area contributed by atoms with Crippen LogP contribution < -0.4 is 24.7 Å². The van der Waals surface area contributed by atoms with Crippen LogP contribution in [-0.2, 0) is 0 Å². The van der Waals surface area contributed by atoms with Gasteiger partial charge in [0.25, 0.3) is 5.56 Å². The number of nitrogens with zero attached hydrogens (tertiary/aromatic N) is 4. The zero-order chi connectivity index (χ0) is 28.7. The second-order valence-corrected chi connectivity index (χ2v) is 12.9. The van der Waals surface area contributed by atoms with Crippen LogP contribution in [0.1, 0.15) is 42.0 Å². The van der Waals surface area contributed by atoms with Crippen LogP contribution in [0.3, 0.4) is 0 Å². The molecule has 6 rings (SSSR count). The number of fused-ring (bicyclic) bond motifs is 1. The quantitative estimate of drug-likeness (QED) is 0.259. The first-order valence-electron chi connectivity index (χ1n) is 13.8. The van der Waals surface area contributed by atoms with Gasteiger partial charge in [0, 0.05) is 44.0 Å². The molecule has 1 atom stereocenters. The van der Waals surface area contributed by atoms with Gasteiger partial charge in [-0.1, -0.05) is 63.7 Å². The van der Waals surface area contributed by atoms with E-state index in [9.17, 15) is 4.79 Å². The molecule has 1 aliphatic carbocycles. The molecule has 41 heavy (non-hydrogen) atoms. The van der Waals surface area contributed by atoms with Gasteiger partial charge in [0.1, 0.15) is 0 Å². The van der Waals surface area contributed by atoms with E-state index in [1.54, 1.807) is 0 Å². The highest BCUT2D eigenvalue weighted by Gasteiger charge is 2.32. The normalized spacial score (nSPS) is 17.7. The van der Waals surface area contributed by atoms with Crippen LogP contribution in [0.2, 0.25) is 0 Å². The summed E-state index contributed by atoms with van der Waals surface area (Å²) in [7, 11) is 8.20. The van der Waals surface area contributed by atoms with Crippen molar-refractivity contribution in [2.45, 2.75) is 25.3 Å². The molecule has 5 nitrogen and oxygen atoms in total. The van der Waals surface area contributed by atoms with E-state index in [1.807, 2.05) is 49.0 Å². The van der Waals surface area contributed by atoms with Gasteiger partial charge in [-0.2, -0.15) is 0 Å². The molecular weight excluding hydrogens is 592 g/mol. The molecule has 0 radical (unpaired) electrons. The van der Waals surface area contributed by atoms with Crippen LogP contribution in [0.25, 0.3) is 12.2 Å². The van der Waals surface area contributed by atoms with Crippen molar-refractivity contribution in [3.05, 3.63) is 130 Å². The molecule has 0 N–H and O–H groups in total. The molecule has 1 aliphatic heterocycles. The van der Waals surface area contributed by atoms with Gasteiger partial charge in [0.05, 0.1) is 16.3 Å². The van der Waals surface area contributed by atoms with Gasteiger partial charge >= 0.3 is 0 Å². The summed E-state index contributed by atoms with van der Waals surface area (Å²) in [6.07, 6.45) is 7.18. The van der Waals surface area contributed by atoms with E-state index in [4.69, 9.17) is 4.99 Å². The van der Waals surface area contributed by atoms with Crippen LogP contribution in [0.4, 0.5) is 11.4 Å². The monoisotopic (exact) mass is 624 g/mol. The zero-order valence-corrected chi connectivity index (χ0v) is 26.2. The van der Waals surface area contributed by atoms with E-state index in [1.165, 1.54) is 33.7 Å². The Morgan fingerprint density at radius 3 is 2.05 bits per heavy atom. The third kappa shape index (κ3) is 5.48. The number of hydrogen-bond donors (Lipinski definition) is 0. The molecule has 208 valence electrons. The van der Waals surface area contributed by atoms with E-state index in [0.717, 1.165) is 51.0 Å². The maximum absolute atomic E-state index is 14.0. The lowest BCUT2D eigenvalue weighted by Crippen LogP contribution is -2.39. The molecule has 1 aromatic heterocycles. The lowest BCUT2D eigenvalue weighted by atomic mass is 9.83. The standard InChI is InChI=1S/C34H33BrN4OS/c1-37(2)27-16-10-22(11-17-27)20-25-6-5-7-29-31(25)36-34-39(32(29)24-12-18-28(19-13-24)38(3)4)33(40)30(41-34)21-23-8-14-26(35)15-9-23/h8-21,32H,5-7H2,1-4H3/b25-20+,30-21+. The average Bonchev–Trinajstić information content (AvgIpc) is 3.28. The summed E-state index contributed by atoms with van der Waals surface area (Å²) in [5, 5.41) is 0. The summed E-state index contributed by atoms with van der Waals surface area (Å²) in [5.74, 6) is 0. The Labute approximate surface area is 253 Å². The summed E-state index contributed by atoms with van der Waals surface area (Å²) in [6, 6.07) is 25.1. The minimum absolute atomic E-state index is 0.0142. The third-order valence-electron chi connectivity index (χ3n) is 7.78. The Kier molecular flexibility index (Phi) is 7.58. The minimum Gasteiger partial charge on any atom is -0.378 e. The Hall–Kier alpha value is -3.68. The largest absolute Gasteiger partial charge is 0.378 e. The van der Waals surface area contributed by atoms with E-state index in [0.29, 0.717) is 4.53 Å². The minimum atomic E-state index is -0.177. The maximum atomic E-state index is 14.0. The molecule has 0 saturated carbocycles. The highest BCUT2D eigenvalue weighted by molar-refractivity contribution is 9.10. The number of halogens is 1. The molecule has 0 amide bonds. The fraction of sp³-hybridized carbons (Fsp3) is 0.235.